The number of aromatic nitrogens is 3. The lowest BCUT2D eigenvalue weighted by molar-refractivity contribution is 0.852. The van der Waals surface area contributed by atoms with Gasteiger partial charge in [0.25, 0.3) is 0 Å². The molecule has 3 aromatic rings. The quantitative estimate of drug-likeness (QED) is 0.708. The number of allylic oxidation sites excluding steroid dienone is 1. The monoisotopic (exact) mass is 249 g/mol. The van der Waals surface area contributed by atoms with Gasteiger partial charge in [-0.25, -0.2) is 4.68 Å². The van der Waals surface area contributed by atoms with Gasteiger partial charge in [0.1, 0.15) is 5.52 Å². The molecular formula is C16H15N3. The number of fused-ring (bicyclic) bond motifs is 1. The van der Waals surface area contributed by atoms with Crippen LogP contribution in [0.2, 0.25) is 0 Å². The van der Waals surface area contributed by atoms with E-state index >= 15 is 0 Å². The summed E-state index contributed by atoms with van der Waals surface area (Å²) in [5, 5.41) is 8.27. The van der Waals surface area contributed by atoms with E-state index < -0.39 is 0 Å². The Bertz CT molecular complexity index is 698. The first-order chi connectivity index (χ1) is 9.34. The van der Waals surface area contributed by atoms with E-state index in [4.69, 9.17) is 0 Å². The normalized spacial score (nSPS) is 13.1. The Morgan fingerprint density at radius 2 is 1.74 bits per heavy atom. The van der Waals surface area contributed by atoms with Crippen LogP contribution in [0.3, 0.4) is 0 Å². The molecule has 0 fully saturated rings. The van der Waals surface area contributed by atoms with Gasteiger partial charge in [0, 0.05) is 12.1 Å². The SMILES string of the molecule is CC(/C=C/n1nnc2ccccc21)c1ccccc1. The molecule has 0 aliphatic rings. The van der Waals surface area contributed by atoms with Crippen LogP contribution in [0.25, 0.3) is 17.2 Å². The second-order valence-corrected chi connectivity index (χ2v) is 4.56. The van der Waals surface area contributed by atoms with Crippen LogP contribution in [0.5, 0.6) is 0 Å². The molecule has 0 aliphatic carbocycles. The van der Waals surface area contributed by atoms with Crippen LogP contribution in [-0.2, 0) is 0 Å². The molecule has 0 radical (unpaired) electrons. The number of benzene rings is 2. The Labute approximate surface area is 112 Å². The molecule has 0 saturated heterocycles. The fourth-order valence-electron chi connectivity index (χ4n) is 2.08. The summed E-state index contributed by atoms with van der Waals surface area (Å²) in [7, 11) is 0. The molecule has 19 heavy (non-hydrogen) atoms. The fourth-order valence-corrected chi connectivity index (χ4v) is 2.08. The van der Waals surface area contributed by atoms with Crippen molar-refractivity contribution in [2.75, 3.05) is 0 Å². The third-order valence-corrected chi connectivity index (χ3v) is 3.22. The van der Waals surface area contributed by atoms with Crippen molar-refractivity contribution in [3.8, 4) is 0 Å². The van der Waals surface area contributed by atoms with Crippen molar-refractivity contribution >= 4 is 17.2 Å². The molecule has 1 atom stereocenters. The van der Waals surface area contributed by atoms with Gasteiger partial charge >= 0.3 is 0 Å². The molecule has 0 N–H and O–H groups in total. The van der Waals surface area contributed by atoms with Crippen LogP contribution in [-0.4, -0.2) is 15.0 Å². The maximum Gasteiger partial charge on any atom is 0.113 e. The van der Waals surface area contributed by atoms with Crippen molar-refractivity contribution in [3.63, 3.8) is 0 Å². The van der Waals surface area contributed by atoms with Crippen LogP contribution in [0.1, 0.15) is 18.4 Å². The summed E-state index contributed by atoms with van der Waals surface area (Å²) in [5.74, 6) is 0.351. The molecule has 1 aromatic heterocycles. The summed E-state index contributed by atoms with van der Waals surface area (Å²) in [6.07, 6.45) is 4.11. The van der Waals surface area contributed by atoms with Gasteiger partial charge < -0.3 is 0 Å². The molecule has 0 spiro atoms. The Morgan fingerprint density at radius 1 is 1.00 bits per heavy atom. The van der Waals surface area contributed by atoms with Gasteiger partial charge in [-0.15, -0.1) is 5.10 Å². The third-order valence-electron chi connectivity index (χ3n) is 3.22. The van der Waals surface area contributed by atoms with Crippen molar-refractivity contribution in [2.45, 2.75) is 12.8 Å². The molecule has 3 nitrogen and oxygen atoms in total. The molecular weight excluding hydrogens is 234 g/mol. The first-order valence-electron chi connectivity index (χ1n) is 6.38. The van der Waals surface area contributed by atoms with E-state index in [1.165, 1.54) is 5.56 Å². The molecule has 2 aromatic carbocycles. The summed E-state index contributed by atoms with van der Waals surface area (Å²) < 4.78 is 1.81. The summed E-state index contributed by atoms with van der Waals surface area (Å²) in [6, 6.07) is 18.4. The lowest BCUT2D eigenvalue weighted by Crippen LogP contribution is -1.92. The van der Waals surface area contributed by atoms with Gasteiger partial charge in [-0.05, 0) is 17.7 Å². The summed E-state index contributed by atoms with van der Waals surface area (Å²) >= 11 is 0. The minimum Gasteiger partial charge on any atom is -0.220 e. The van der Waals surface area contributed by atoms with Crippen molar-refractivity contribution in [3.05, 3.63) is 66.2 Å². The first-order valence-corrected chi connectivity index (χ1v) is 6.38. The number of para-hydroxylation sites is 1. The van der Waals surface area contributed by atoms with Crippen molar-refractivity contribution in [2.24, 2.45) is 0 Å². The van der Waals surface area contributed by atoms with Gasteiger partial charge in [-0.2, -0.15) is 0 Å². The van der Waals surface area contributed by atoms with Crippen LogP contribution >= 0.6 is 0 Å². The molecule has 3 heteroatoms. The average Bonchev–Trinajstić information content (AvgIpc) is 2.89. The zero-order chi connectivity index (χ0) is 13.1. The second kappa shape index (κ2) is 5.06. The number of rotatable bonds is 3. The van der Waals surface area contributed by atoms with Crippen molar-refractivity contribution in [1.82, 2.24) is 15.0 Å². The largest absolute Gasteiger partial charge is 0.220 e. The molecule has 1 unspecified atom stereocenters. The van der Waals surface area contributed by atoms with E-state index in [0.717, 1.165) is 11.0 Å². The zero-order valence-corrected chi connectivity index (χ0v) is 10.8. The summed E-state index contributed by atoms with van der Waals surface area (Å²) in [4.78, 5) is 0. The molecule has 94 valence electrons. The van der Waals surface area contributed by atoms with Crippen LogP contribution < -0.4 is 0 Å². The van der Waals surface area contributed by atoms with Gasteiger partial charge in [-0.1, -0.05) is 60.7 Å². The van der Waals surface area contributed by atoms with Gasteiger partial charge in [0.05, 0.1) is 5.52 Å². The maximum atomic E-state index is 4.14. The number of nitrogens with zero attached hydrogens (tertiary/aromatic N) is 3. The smallest absolute Gasteiger partial charge is 0.113 e. The Morgan fingerprint density at radius 3 is 2.58 bits per heavy atom. The third kappa shape index (κ3) is 2.40. The maximum absolute atomic E-state index is 4.14. The van der Waals surface area contributed by atoms with E-state index in [0.29, 0.717) is 5.92 Å². The van der Waals surface area contributed by atoms with Gasteiger partial charge in [0.15, 0.2) is 0 Å². The number of hydrogen-bond donors (Lipinski definition) is 0. The Hall–Kier alpha value is -2.42. The van der Waals surface area contributed by atoms with Crippen molar-refractivity contribution < 1.29 is 0 Å². The fraction of sp³-hybridized carbons (Fsp3) is 0.125. The molecule has 0 amide bonds. The van der Waals surface area contributed by atoms with Crippen molar-refractivity contribution in [1.29, 1.82) is 0 Å². The van der Waals surface area contributed by atoms with E-state index in [9.17, 15) is 0 Å². The second-order valence-electron chi connectivity index (χ2n) is 4.56. The molecule has 0 saturated carbocycles. The lowest BCUT2D eigenvalue weighted by atomic mass is 10.0. The first kappa shape index (κ1) is 11.7. The molecule has 0 bridgehead atoms. The zero-order valence-electron chi connectivity index (χ0n) is 10.8. The lowest BCUT2D eigenvalue weighted by Gasteiger charge is -2.05. The topological polar surface area (TPSA) is 30.7 Å². The predicted molar refractivity (Wildman–Crippen MR) is 77.7 cm³/mol. The van der Waals surface area contributed by atoms with Crippen LogP contribution in [0, 0.1) is 0 Å². The molecule has 0 aliphatic heterocycles. The minimum atomic E-state index is 0.351. The summed E-state index contributed by atoms with van der Waals surface area (Å²) in [6.45, 7) is 2.17. The number of hydrogen-bond acceptors (Lipinski definition) is 2. The molecule has 1 heterocycles. The van der Waals surface area contributed by atoms with E-state index in [1.54, 1.807) is 0 Å². The predicted octanol–water partition coefficient (Wildman–Crippen LogP) is 3.71. The average molecular weight is 249 g/mol. The summed E-state index contributed by atoms with van der Waals surface area (Å²) in [5.41, 5.74) is 3.24. The van der Waals surface area contributed by atoms with Crippen LogP contribution in [0.15, 0.2) is 60.7 Å². The van der Waals surface area contributed by atoms with E-state index in [-0.39, 0.29) is 0 Å². The van der Waals surface area contributed by atoms with Gasteiger partial charge in [-0.3, -0.25) is 0 Å². The van der Waals surface area contributed by atoms with E-state index in [1.807, 2.05) is 41.2 Å². The minimum absolute atomic E-state index is 0.351. The highest BCUT2D eigenvalue weighted by Crippen LogP contribution is 2.17. The highest BCUT2D eigenvalue weighted by molar-refractivity contribution is 5.75. The van der Waals surface area contributed by atoms with Gasteiger partial charge in [0.2, 0.25) is 0 Å². The van der Waals surface area contributed by atoms with Crippen LogP contribution in [0.4, 0.5) is 0 Å². The highest BCUT2D eigenvalue weighted by Gasteiger charge is 2.02. The Balaban J connectivity index is 1.87. The highest BCUT2D eigenvalue weighted by atomic mass is 15.4. The molecule has 3 rings (SSSR count). The van der Waals surface area contributed by atoms with E-state index in [2.05, 4.69) is 47.6 Å². The Kier molecular flexibility index (Phi) is 3.11. The standard InChI is InChI=1S/C16H15N3/c1-13(14-7-3-2-4-8-14)11-12-19-16-10-6-5-9-15(16)17-18-19/h2-13H,1H3/b12-11+.